The van der Waals surface area contributed by atoms with E-state index in [9.17, 15) is 9.59 Å². The number of aromatic nitrogens is 2. The smallest absolute Gasteiger partial charge is 0.415 e. The van der Waals surface area contributed by atoms with Crippen LogP contribution in [0.5, 0.6) is 0 Å². The Kier molecular flexibility index (Phi) is 11.8. The van der Waals surface area contributed by atoms with Crippen LogP contribution < -0.4 is 10.2 Å². The van der Waals surface area contributed by atoms with Gasteiger partial charge in [0, 0.05) is 31.1 Å². The van der Waals surface area contributed by atoms with Gasteiger partial charge in [0.1, 0.15) is 22.8 Å². The first kappa shape index (κ1) is 34.9. The van der Waals surface area contributed by atoms with Crippen molar-refractivity contribution in [2.45, 2.75) is 84.5 Å². The van der Waals surface area contributed by atoms with Crippen molar-refractivity contribution in [2.24, 2.45) is 0 Å². The zero-order valence-electron chi connectivity index (χ0n) is 26.5. The van der Waals surface area contributed by atoms with Crippen molar-refractivity contribution in [2.75, 3.05) is 11.9 Å². The minimum Gasteiger partial charge on any atom is -0.491 e. The van der Waals surface area contributed by atoms with Crippen LogP contribution >= 0.6 is 23.2 Å². The molecule has 2 aromatic heterocycles. The van der Waals surface area contributed by atoms with Gasteiger partial charge in [0.15, 0.2) is 0 Å². The molecule has 8 nitrogen and oxygen atoms in total. The van der Waals surface area contributed by atoms with E-state index in [0.717, 1.165) is 36.2 Å². The van der Waals surface area contributed by atoms with Crippen molar-refractivity contribution in [3.8, 4) is 0 Å². The maximum Gasteiger partial charge on any atom is 0.415 e. The predicted molar refractivity (Wildman–Crippen MR) is 177 cm³/mol. The largest absolute Gasteiger partial charge is 0.491 e. The monoisotopic (exact) mass is 640 g/mol. The maximum atomic E-state index is 13.2. The molecule has 10 heteroatoms. The molecule has 0 aliphatic carbocycles. The molecule has 2 amide bonds. The molecular formula is C34H42Cl2N4O4. The zero-order valence-corrected chi connectivity index (χ0v) is 28.1. The topological polar surface area (TPSA) is 93.7 Å². The highest BCUT2D eigenvalue weighted by Gasteiger charge is 2.25. The van der Waals surface area contributed by atoms with Crippen LogP contribution in [0.4, 0.5) is 10.6 Å². The summed E-state index contributed by atoms with van der Waals surface area (Å²) in [6.07, 6.45) is 4.07. The van der Waals surface area contributed by atoms with Crippen LogP contribution in [0.3, 0.4) is 0 Å². The Balaban J connectivity index is 1.63. The third-order valence-electron chi connectivity index (χ3n) is 6.32. The summed E-state index contributed by atoms with van der Waals surface area (Å²) in [4.78, 5) is 36.3. The normalized spacial score (nSPS) is 12.3. The van der Waals surface area contributed by atoms with E-state index in [1.807, 2.05) is 65.8 Å². The van der Waals surface area contributed by atoms with Gasteiger partial charge in [0.2, 0.25) is 0 Å². The van der Waals surface area contributed by atoms with E-state index in [2.05, 4.69) is 21.9 Å². The third-order valence-corrected chi connectivity index (χ3v) is 6.95. The molecule has 0 spiro atoms. The van der Waals surface area contributed by atoms with Gasteiger partial charge in [-0.25, -0.2) is 9.78 Å². The number of pyridine rings is 2. The molecule has 0 radical (unpaired) electrons. The van der Waals surface area contributed by atoms with Crippen LogP contribution in [0.2, 0.25) is 10.0 Å². The summed E-state index contributed by atoms with van der Waals surface area (Å²) in [5.41, 5.74) is 1.84. The predicted octanol–water partition coefficient (Wildman–Crippen LogP) is 8.00. The first-order valence-corrected chi connectivity index (χ1v) is 15.3. The van der Waals surface area contributed by atoms with Gasteiger partial charge in [0.25, 0.3) is 5.91 Å². The second-order valence-electron chi connectivity index (χ2n) is 12.5. The van der Waals surface area contributed by atoms with Gasteiger partial charge >= 0.3 is 6.09 Å². The number of benzene rings is 1. The van der Waals surface area contributed by atoms with Crippen molar-refractivity contribution in [3.63, 3.8) is 0 Å². The van der Waals surface area contributed by atoms with E-state index in [0.29, 0.717) is 18.0 Å². The Bertz CT molecular complexity index is 1440. The molecule has 0 aliphatic heterocycles. The highest BCUT2D eigenvalue weighted by Crippen LogP contribution is 2.25. The average molecular weight is 642 g/mol. The number of anilines is 1. The average Bonchev–Trinajstić information content (AvgIpc) is 2.91. The fraction of sp³-hybridized carbons (Fsp3) is 0.412. The molecule has 44 heavy (non-hydrogen) atoms. The summed E-state index contributed by atoms with van der Waals surface area (Å²) < 4.78 is 11.5. The van der Waals surface area contributed by atoms with E-state index < -0.39 is 29.2 Å². The lowest BCUT2D eigenvalue weighted by molar-refractivity contribution is 0.0390. The number of amides is 2. The zero-order chi connectivity index (χ0) is 32.7. The fourth-order valence-electron chi connectivity index (χ4n) is 4.28. The van der Waals surface area contributed by atoms with Crippen LogP contribution in [0.1, 0.15) is 75.3 Å². The molecule has 1 unspecified atom stereocenters. The quantitative estimate of drug-likeness (QED) is 0.213. The van der Waals surface area contributed by atoms with E-state index in [-0.39, 0.29) is 15.6 Å². The number of hydrogen-bond acceptors (Lipinski definition) is 6. The Morgan fingerprint density at radius 3 is 2.11 bits per heavy atom. The maximum absolute atomic E-state index is 13.2. The fourth-order valence-corrected chi connectivity index (χ4v) is 4.85. The lowest BCUT2D eigenvalue weighted by Gasteiger charge is -2.28. The molecule has 0 fully saturated rings. The molecule has 2 heterocycles. The number of halogens is 2. The van der Waals surface area contributed by atoms with E-state index in [1.165, 1.54) is 4.90 Å². The Hall–Kier alpha value is -3.62. The van der Waals surface area contributed by atoms with Crippen LogP contribution in [-0.2, 0) is 28.7 Å². The minimum atomic E-state index is -0.584. The lowest BCUT2D eigenvalue weighted by atomic mass is 10.0. The van der Waals surface area contributed by atoms with Crippen molar-refractivity contribution >= 4 is 41.0 Å². The number of nitrogens with one attached hydrogen (secondary N) is 1. The first-order chi connectivity index (χ1) is 20.5. The molecule has 0 saturated carbocycles. The second-order valence-corrected chi connectivity index (χ2v) is 13.4. The second kappa shape index (κ2) is 14.9. The number of hydrogen-bond donors (Lipinski definition) is 1. The van der Waals surface area contributed by atoms with E-state index >= 15 is 0 Å². The van der Waals surface area contributed by atoms with Gasteiger partial charge in [0.05, 0.1) is 21.7 Å². The number of ether oxygens (including phenoxy) is 2. The number of carbonyl (C=O) groups is 2. The molecule has 1 N–H and O–H groups in total. The summed E-state index contributed by atoms with van der Waals surface area (Å²) in [6.45, 7) is 15.3. The third kappa shape index (κ3) is 10.8. The number of rotatable bonds is 11. The molecular weight excluding hydrogens is 599 g/mol. The summed E-state index contributed by atoms with van der Waals surface area (Å²) in [7, 11) is 1.65. The highest BCUT2D eigenvalue weighted by molar-refractivity contribution is 6.39. The van der Waals surface area contributed by atoms with Crippen LogP contribution in [-0.4, -0.2) is 46.3 Å². The van der Waals surface area contributed by atoms with Crippen molar-refractivity contribution in [3.05, 3.63) is 99.6 Å². The van der Waals surface area contributed by atoms with Gasteiger partial charge in [-0.05, 0) is 96.7 Å². The summed E-state index contributed by atoms with van der Waals surface area (Å²) in [5.74, 6) is 0.545. The van der Waals surface area contributed by atoms with Crippen LogP contribution in [0, 0.1) is 0 Å². The van der Waals surface area contributed by atoms with Crippen LogP contribution in [0.25, 0.3) is 0 Å². The minimum absolute atomic E-state index is 0.203. The van der Waals surface area contributed by atoms with Gasteiger partial charge in [-0.2, -0.15) is 0 Å². The molecule has 0 saturated heterocycles. The number of aryl methyl sites for hydroxylation is 2. The Morgan fingerprint density at radius 1 is 0.909 bits per heavy atom. The SMILES string of the molecule is C=C(OC(C)(C)C)C(Cc1ccc(CCCc2cccc(N(C)C(=O)OC(C)(C)C)n2)nc1)NC(=O)c1c(Cl)cccc1Cl. The molecule has 1 atom stereocenters. The summed E-state index contributed by atoms with van der Waals surface area (Å²) >= 11 is 12.5. The summed E-state index contributed by atoms with van der Waals surface area (Å²) in [5, 5.41) is 3.51. The van der Waals surface area contributed by atoms with Crippen molar-refractivity contribution in [1.82, 2.24) is 15.3 Å². The van der Waals surface area contributed by atoms with Crippen molar-refractivity contribution in [1.29, 1.82) is 0 Å². The lowest BCUT2D eigenvalue weighted by Crippen LogP contribution is -2.40. The molecule has 0 bridgehead atoms. The Labute approximate surface area is 270 Å². The van der Waals surface area contributed by atoms with Crippen LogP contribution in [0.15, 0.2) is 67.1 Å². The first-order valence-electron chi connectivity index (χ1n) is 14.5. The van der Waals surface area contributed by atoms with Gasteiger partial charge in [-0.1, -0.05) is 48.0 Å². The highest BCUT2D eigenvalue weighted by atomic mass is 35.5. The van der Waals surface area contributed by atoms with Gasteiger partial charge in [-0.15, -0.1) is 0 Å². The molecule has 3 rings (SSSR count). The molecule has 0 aliphatic rings. The Morgan fingerprint density at radius 2 is 1.52 bits per heavy atom. The van der Waals surface area contributed by atoms with E-state index in [1.54, 1.807) is 37.5 Å². The van der Waals surface area contributed by atoms with Gasteiger partial charge < -0.3 is 14.8 Å². The van der Waals surface area contributed by atoms with Crippen molar-refractivity contribution < 1.29 is 19.1 Å². The number of carbonyl (C=O) groups excluding carboxylic acids is 2. The molecule has 1 aromatic carbocycles. The molecule has 236 valence electrons. The molecule has 3 aromatic rings. The standard InChI is InChI=1S/C34H42Cl2N4O4/c1-22(43-33(2,3)4)28(39-31(41)30-26(35)15-11-16-27(30)36)20-23-18-19-24(37-21-23)12-9-13-25-14-10-17-29(38-25)40(8)32(42)44-34(5,6)7/h10-11,14-19,21,28H,1,9,12-13,20H2,2-8H3,(H,39,41). The summed E-state index contributed by atoms with van der Waals surface area (Å²) in [6, 6.07) is 14.0. The van der Waals surface area contributed by atoms with E-state index in [4.69, 9.17) is 32.7 Å². The number of nitrogens with zero attached hydrogens (tertiary/aromatic N) is 3. The van der Waals surface area contributed by atoms with Gasteiger partial charge in [-0.3, -0.25) is 14.7 Å².